The number of nitrogens with two attached hydrogens (primary N) is 1. The molecule has 3 nitrogen and oxygen atoms in total. The fourth-order valence-electron chi connectivity index (χ4n) is 3.22. The molecule has 1 aliphatic carbocycles. The summed E-state index contributed by atoms with van der Waals surface area (Å²) in [7, 11) is 0. The topological polar surface area (TPSA) is 46.3 Å². The van der Waals surface area contributed by atoms with Gasteiger partial charge in [0.25, 0.3) is 0 Å². The van der Waals surface area contributed by atoms with E-state index in [1.165, 1.54) is 11.1 Å². The average molecular weight is 258 g/mol. The molecule has 1 aromatic carbocycles. The van der Waals surface area contributed by atoms with Crippen molar-refractivity contribution >= 4 is 5.91 Å². The van der Waals surface area contributed by atoms with Crippen molar-refractivity contribution in [2.24, 2.45) is 5.73 Å². The second kappa shape index (κ2) is 4.34. The van der Waals surface area contributed by atoms with E-state index in [1.54, 1.807) is 0 Å². The Hall–Kier alpha value is -1.35. The lowest BCUT2D eigenvalue weighted by Crippen LogP contribution is -2.47. The second-order valence-electron chi connectivity index (χ2n) is 6.25. The lowest BCUT2D eigenvalue weighted by molar-refractivity contribution is -0.134. The van der Waals surface area contributed by atoms with Gasteiger partial charge in [0.05, 0.1) is 5.54 Å². The lowest BCUT2D eigenvalue weighted by Gasteiger charge is -2.24. The molecule has 3 rings (SSSR count). The molecule has 19 heavy (non-hydrogen) atoms. The highest BCUT2D eigenvalue weighted by Gasteiger charge is 2.50. The van der Waals surface area contributed by atoms with E-state index in [-0.39, 0.29) is 5.91 Å². The number of benzene rings is 1. The SMILES string of the molecule is Cc1ccccc1C1CC(C)N(C(=O)C2(N)CC2)C1. The van der Waals surface area contributed by atoms with E-state index < -0.39 is 5.54 Å². The van der Waals surface area contributed by atoms with Gasteiger partial charge in [-0.05, 0) is 44.2 Å². The minimum Gasteiger partial charge on any atom is -0.338 e. The summed E-state index contributed by atoms with van der Waals surface area (Å²) in [5, 5.41) is 0. The Morgan fingerprint density at radius 3 is 2.68 bits per heavy atom. The van der Waals surface area contributed by atoms with Crippen LogP contribution in [0.5, 0.6) is 0 Å². The summed E-state index contributed by atoms with van der Waals surface area (Å²) >= 11 is 0. The first-order valence-electron chi connectivity index (χ1n) is 7.17. The van der Waals surface area contributed by atoms with E-state index in [1.807, 2.05) is 4.90 Å². The van der Waals surface area contributed by atoms with Gasteiger partial charge >= 0.3 is 0 Å². The molecule has 2 N–H and O–H groups in total. The summed E-state index contributed by atoms with van der Waals surface area (Å²) in [5.41, 5.74) is 8.23. The van der Waals surface area contributed by atoms with Crippen molar-refractivity contribution in [2.75, 3.05) is 6.54 Å². The van der Waals surface area contributed by atoms with Crippen LogP contribution in [0.25, 0.3) is 0 Å². The van der Waals surface area contributed by atoms with Gasteiger partial charge in [0.2, 0.25) is 5.91 Å². The van der Waals surface area contributed by atoms with Crippen LogP contribution in [0.15, 0.2) is 24.3 Å². The van der Waals surface area contributed by atoms with E-state index in [0.717, 1.165) is 25.8 Å². The van der Waals surface area contributed by atoms with Crippen LogP contribution in [-0.4, -0.2) is 28.9 Å². The number of amides is 1. The highest BCUT2D eigenvalue weighted by Crippen LogP contribution is 2.39. The first-order chi connectivity index (χ1) is 9.01. The number of rotatable bonds is 2. The molecule has 1 amide bonds. The smallest absolute Gasteiger partial charge is 0.242 e. The Bertz CT molecular complexity index is 507. The fourth-order valence-corrected chi connectivity index (χ4v) is 3.22. The van der Waals surface area contributed by atoms with Crippen LogP contribution in [0.4, 0.5) is 0 Å². The summed E-state index contributed by atoms with van der Waals surface area (Å²) in [6.07, 6.45) is 2.75. The first-order valence-corrected chi connectivity index (χ1v) is 7.17. The highest BCUT2D eigenvalue weighted by molar-refractivity contribution is 5.89. The maximum atomic E-state index is 12.4. The zero-order chi connectivity index (χ0) is 13.6. The molecule has 0 spiro atoms. The van der Waals surface area contributed by atoms with E-state index in [0.29, 0.717) is 12.0 Å². The predicted molar refractivity (Wildman–Crippen MR) is 75.9 cm³/mol. The number of likely N-dealkylation sites (tertiary alicyclic amines) is 1. The first kappa shape index (κ1) is 12.7. The lowest BCUT2D eigenvalue weighted by atomic mass is 9.93. The van der Waals surface area contributed by atoms with Crippen LogP contribution in [0, 0.1) is 6.92 Å². The van der Waals surface area contributed by atoms with Crippen molar-refractivity contribution in [3.63, 3.8) is 0 Å². The van der Waals surface area contributed by atoms with E-state index in [2.05, 4.69) is 38.1 Å². The van der Waals surface area contributed by atoms with Crippen LogP contribution in [0.2, 0.25) is 0 Å². The Morgan fingerprint density at radius 2 is 2.05 bits per heavy atom. The van der Waals surface area contributed by atoms with Gasteiger partial charge in [-0.2, -0.15) is 0 Å². The van der Waals surface area contributed by atoms with Crippen molar-refractivity contribution in [3.8, 4) is 0 Å². The van der Waals surface area contributed by atoms with Crippen LogP contribution in [0.1, 0.15) is 43.2 Å². The Labute approximate surface area is 114 Å². The molecule has 0 radical (unpaired) electrons. The van der Waals surface area contributed by atoms with Crippen molar-refractivity contribution in [3.05, 3.63) is 35.4 Å². The molecule has 1 aliphatic heterocycles. The standard InChI is InChI=1S/C16H22N2O/c1-11-5-3-4-6-14(11)13-9-12(2)18(10-13)15(19)16(17)7-8-16/h3-6,12-13H,7-10,17H2,1-2H3. The van der Waals surface area contributed by atoms with Gasteiger partial charge in [0.15, 0.2) is 0 Å². The minimum absolute atomic E-state index is 0.163. The summed E-state index contributed by atoms with van der Waals surface area (Å²) in [6.45, 7) is 5.11. The van der Waals surface area contributed by atoms with Crippen molar-refractivity contribution in [1.29, 1.82) is 0 Å². The molecule has 3 heteroatoms. The summed E-state index contributed by atoms with van der Waals surface area (Å²) in [4.78, 5) is 14.4. The summed E-state index contributed by atoms with van der Waals surface area (Å²) in [6, 6.07) is 8.80. The predicted octanol–water partition coefficient (Wildman–Crippen LogP) is 2.19. The van der Waals surface area contributed by atoms with Crippen molar-refractivity contribution in [2.45, 2.75) is 50.6 Å². The molecule has 1 aromatic rings. The number of carbonyl (C=O) groups excluding carboxylic acids is 1. The molecule has 0 aromatic heterocycles. The number of aryl methyl sites for hydroxylation is 1. The zero-order valence-electron chi connectivity index (χ0n) is 11.7. The molecular weight excluding hydrogens is 236 g/mol. The average Bonchev–Trinajstić information content (AvgIpc) is 3.02. The molecular formula is C16H22N2O. The number of hydrogen-bond acceptors (Lipinski definition) is 2. The monoisotopic (exact) mass is 258 g/mol. The second-order valence-corrected chi connectivity index (χ2v) is 6.25. The maximum absolute atomic E-state index is 12.4. The summed E-state index contributed by atoms with van der Waals surface area (Å²) < 4.78 is 0. The largest absolute Gasteiger partial charge is 0.338 e. The molecule has 0 bridgehead atoms. The van der Waals surface area contributed by atoms with Gasteiger partial charge in [-0.1, -0.05) is 24.3 Å². The van der Waals surface area contributed by atoms with Crippen molar-refractivity contribution in [1.82, 2.24) is 4.90 Å². The van der Waals surface area contributed by atoms with Gasteiger partial charge in [0, 0.05) is 18.5 Å². The number of nitrogens with zero attached hydrogens (tertiary/aromatic N) is 1. The zero-order valence-corrected chi connectivity index (χ0v) is 11.7. The van der Waals surface area contributed by atoms with E-state index in [9.17, 15) is 4.79 Å². The number of carbonyl (C=O) groups is 1. The molecule has 102 valence electrons. The Morgan fingerprint density at radius 1 is 1.37 bits per heavy atom. The maximum Gasteiger partial charge on any atom is 0.242 e. The fraction of sp³-hybridized carbons (Fsp3) is 0.562. The molecule has 1 saturated carbocycles. The van der Waals surface area contributed by atoms with Gasteiger partial charge in [-0.3, -0.25) is 4.79 Å². The molecule has 2 aliphatic rings. The van der Waals surface area contributed by atoms with Crippen molar-refractivity contribution < 1.29 is 4.79 Å². The van der Waals surface area contributed by atoms with Crippen LogP contribution in [0.3, 0.4) is 0 Å². The van der Waals surface area contributed by atoms with Gasteiger partial charge in [-0.15, -0.1) is 0 Å². The number of hydrogen-bond donors (Lipinski definition) is 1. The normalized spacial score (nSPS) is 28.5. The quantitative estimate of drug-likeness (QED) is 0.884. The van der Waals surface area contributed by atoms with Crippen LogP contribution in [-0.2, 0) is 4.79 Å². The molecule has 2 fully saturated rings. The third-order valence-corrected chi connectivity index (χ3v) is 4.68. The van der Waals surface area contributed by atoms with Gasteiger partial charge in [-0.25, -0.2) is 0 Å². The molecule has 1 heterocycles. The van der Waals surface area contributed by atoms with E-state index >= 15 is 0 Å². The molecule has 2 atom stereocenters. The van der Waals surface area contributed by atoms with Gasteiger partial charge < -0.3 is 10.6 Å². The Balaban J connectivity index is 1.78. The third kappa shape index (κ3) is 2.16. The highest BCUT2D eigenvalue weighted by atomic mass is 16.2. The molecule has 1 saturated heterocycles. The Kier molecular flexibility index (Phi) is 2.90. The summed E-state index contributed by atoms with van der Waals surface area (Å²) in [5.74, 6) is 0.624. The minimum atomic E-state index is -0.533. The van der Waals surface area contributed by atoms with Crippen LogP contribution >= 0.6 is 0 Å². The molecule has 2 unspecified atom stereocenters. The van der Waals surface area contributed by atoms with E-state index in [4.69, 9.17) is 5.73 Å². The third-order valence-electron chi connectivity index (χ3n) is 4.68. The van der Waals surface area contributed by atoms with Crippen LogP contribution < -0.4 is 5.73 Å². The van der Waals surface area contributed by atoms with Gasteiger partial charge in [0.1, 0.15) is 0 Å².